The lowest BCUT2D eigenvalue weighted by molar-refractivity contribution is 0.434. The van der Waals surface area contributed by atoms with E-state index in [1.165, 1.54) is 6.07 Å². The van der Waals surface area contributed by atoms with Gasteiger partial charge in [0.15, 0.2) is 9.84 Å². The third-order valence-electron chi connectivity index (χ3n) is 3.37. The van der Waals surface area contributed by atoms with Gasteiger partial charge in [0.05, 0.1) is 17.7 Å². The van der Waals surface area contributed by atoms with E-state index in [4.69, 9.17) is 0 Å². The summed E-state index contributed by atoms with van der Waals surface area (Å²) in [7, 11) is -1.07. The van der Waals surface area contributed by atoms with Gasteiger partial charge >= 0.3 is 0 Å². The van der Waals surface area contributed by atoms with Gasteiger partial charge < -0.3 is 5.32 Å². The highest BCUT2D eigenvalue weighted by molar-refractivity contribution is 7.91. The largest absolute Gasteiger partial charge is 0.313 e. The molecule has 2 rings (SSSR count). The highest BCUT2D eigenvalue weighted by Crippen LogP contribution is 2.28. The second kappa shape index (κ2) is 5.32. The van der Waals surface area contributed by atoms with E-state index >= 15 is 0 Å². The van der Waals surface area contributed by atoms with Crippen LogP contribution in [0, 0.1) is 11.7 Å². The molecule has 2 unspecified atom stereocenters. The molecule has 0 spiro atoms. The topological polar surface area (TPSA) is 59.1 Å². The normalized spacial score (nSPS) is 24.0. The van der Waals surface area contributed by atoms with Crippen LogP contribution in [0.3, 0.4) is 0 Å². The first-order valence-corrected chi connectivity index (χ1v) is 7.80. The fourth-order valence-electron chi connectivity index (χ4n) is 2.43. The van der Waals surface area contributed by atoms with Crippen LogP contribution in [-0.2, 0) is 9.84 Å². The molecule has 0 bridgehead atoms. The van der Waals surface area contributed by atoms with Crippen LogP contribution in [0.5, 0.6) is 0 Å². The van der Waals surface area contributed by atoms with Crippen molar-refractivity contribution < 1.29 is 12.8 Å². The number of nitrogens with one attached hydrogen (secondary N) is 1. The van der Waals surface area contributed by atoms with Gasteiger partial charge in [0, 0.05) is 12.2 Å². The van der Waals surface area contributed by atoms with Crippen LogP contribution in [0.15, 0.2) is 18.5 Å². The van der Waals surface area contributed by atoms with Gasteiger partial charge in [-0.3, -0.25) is 4.98 Å². The molecule has 18 heavy (non-hydrogen) atoms. The predicted molar refractivity (Wildman–Crippen MR) is 67.4 cm³/mol. The van der Waals surface area contributed by atoms with Crippen molar-refractivity contribution in [3.05, 3.63) is 29.8 Å². The van der Waals surface area contributed by atoms with E-state index in [9.17, 15) is 12.8 Å². The van der Waals surface area contributed by atoms with E-state index in [0.29, 0.717) is 12.8 Å². The monoisotopic (exact) mass is 272 g/mol. The second-order valence-electron chi connectivity index (χ2n) is 4.78. The zero-order valence-corrected chi connectivity index (χ0v) is 11.1. The summed E-state index contributed by atoms with van der Waals surface area (Å²) in [6.07, 6.45) is 4.17. The average molecular weight is 272 g/mol. The SMILES string of the molecule is CNC(CC1CCS(=O)(=O)C1)c1cncc(F)c1. The minimum atomic E-state index is -2.86. The fourth-order valence-corrected chi connectivity index (χ4v) is 4.31. The smallest absolute Gasteiger partial charge is 0.150 e. The Morgan fingerprint density at radius 3 is 2.89 bits per heavy atom. The molecule has 1 aliphatic rings. The lowest BCUT2D eigenvalue weighted by Crippen LogP contribution is -2.21. The maximum absolute atomic E-state index is 13.1. The summed E-state index contributed by atoms with van der Waals surface area (Å²) in [4.78, 5) is 3.82. The van der Waals surface area contributed by atoms with Gasteiger partial charge in [0.1, 0.15) is 5.82 Å². The van der Waals surface area contributed by atoms with Crippen molar-refractivity contribution in [3.8, 4) is 0 Å². The van der Waals surface area contributed by atoms with Crippen LogP contribution in [0.25, 0.3) is 0 Å². The van der Waals surface area contributed by atoms with Crippen molar-refractivity contribution in [2.75, 3.05) is 18.6 Å². The number of rotatable bonds is 4. The summed E-state index contributed by atoms with van der Waals surface area (Å²) in [5.41, 5.74) is 0.766. The van der Waals surface area contributed by atoms with Crippen LogP contribution in [0.2, 0.25) is 0 Å². The minimum absolute atomic E-state index is 0.0495. The molecule has 0 aliphatic carbocycles. The summed E-state index contributed by atoms with van der Waals surface area (Å²) in [5.74, 6) is 0.297. The van der Waals surface area contributed by atoms with Crippen molar-refractivity contribution in [1.29, 1.82) is 0 Å². The highest BCUT2D eigenvalue weighted by atomic mass is 32.2. The Bertz CT molecular complexity index is 519. The zero-order valence-electron chi connectivity index (χ0n) is 10.3. The summed E-state index contributed by atoms with van der Waals surface area (Å²) in [5, 5.41) is 3.10. The van der Waals surface area contributed by atoms with Crippen molar-refractivity contribution in [1.82, 2.24) is 10.3 Å². The summed E-state index contributed by atoms with van der Waals surface area (Å²) < 4.78 is 35.9. The summed E-state index contributed by atoms with van der Waals surface area (Å²) >= 11 is 0. The molecule has 1 saturated heterocycles. The Balaban J connectivity index is 2.06. The number of nitrogens with zero attached hydrogens (tertiary/aromatic N) is 1. The van der Waals surface area contributed by atoms with Crippen LogP contribution in [0.4, 0.5) is 4.39 Å². The van der Waals surface area contributed by atoms with Gasteiger partial charge in [-0.15, -0.1) is 0 Å². The van der Waals surface area contributed by atoms with E-state index in [1.807, 2.05) is 0 Å². The number of pyridine rings is 1. The van der Waals surface area contributed by atoms with Gasteiger partial charge in [-0.1, -0.05) is 0 Å². The van der Waals surface area contributed by atoms with Crippen molar-refractivity contribution in [2.45, 2.75) is 18.9 Å². The Morgan fingerprint density at radius 1 is 1.56 bits per heavy atom. The first-order chi connectivity index (χ1) is 8.50. The van der Waals surface area contributed by atoms with Gasteiger partial charge in [-0.2, -0.15) is 0 Å². The molecule has 6 heteroatoms. The maximum atomic E-state index is 13.1. The molecule has 0 amide bonds. The Kier molecular flexibility index (Phi) is 3.97. The first-order valence-electron chi connectivity index (χ1n) is 5.98. The molecule has 1 fully saturated rings. The molecular weight excluding hydrogens is 255 g/mol. The summed E-state index contributed by atoms with van der Waals surface area (Å²) in [6, 6.07) is 1.39. The molecule has 100 valence electrons. The molecule has 1 N–H and O–H groups in total. The zero-order chi connectivity index (χ0) is 13.2. The molecule has 0 saturated carbocycles. The molecular formula is C12H17FN2O2S. The fraction of sp³-hybridized carbons (Fsp3) is 0.583. The third kappa shape index (κ3) is 3.26. The molecule has 1 aromatic rings. The Labute approximate surface area is 107 Å². The van der Waals surface area contributed by atoms with Crippen LogP contribution in [0.1, 0.15) is 24.4 Å². The molecule has 0 aromatic carbocycles. The number of aromatic nitrogens is 1. The standard InChI is InChI=1S/C12H17FN2O2S/c1-14-12(10-5-11(13)7-15-6-10)4-9-2-3-18(16,17)8-9/h5-7,9,12,14H,2-4,8H2,1H3. The molecule has 0 radical (unpaired) electrons. The molecule has 2 atom stereocenters. The van der Waals surface area contributed by atoms with Crippen LogP contribution < -0.4 is 5.32 Å². The van der Waals surface area contributed by atoms with Gasteiger partial charge in [0.25, 0.3) is 0 Å². The van der Waals surface area contributed by atoms with E-state index in [-0.39, 0.29) is 29.3 Å². The van der Waals surface area contributed by atoms with Crippen molar-refractivity contribution in [2.24, 2.45) is 5.92 Å². The quantitative estimate of drug-likeness (QED) is 0.897. The van der Waals surface area contributed by atoms with Gasteiger partial charge in [-0.05, 0) is 37.4 Å². The number of halogens is 1. The minimum Gasteiger partial charge on any atom is -0.313 e. The number of hydrogen-bond acceptors (Lipinski definition) is 4. The maximum Gasteiger partial charge on any atom is 0.150 e. The lowest BCUT2D eigenvalue weighted by atomic mass is 9.95. The number of hydrogen-bond donors (Lipinski definition) is 1. The molecule has 2 heterocycles. The predicted octanol–water partition coefficient (Wildman–Crippen LogP) is 1.31. The Morgan fingerprint density at radius 2 is 2.33 bits per heavy atom. The Hall–Kier alpha value is -1.01. The second-order valence-corrected chi connectivity index (χ2v) is 7.01. The highest BCUT2D eigenvalue weighted by Gasteiger charge is 2.29. The van der Waals surface area contributed by atoms with Crippen LogP contribution >= 0.6 is 0 Å². The van der Waals surface area contributed by atoms with Crippen LogP contribution in [-0.4, -0.2) is 32.0 Å². The van der Waals surface area contributed by atoms with Gasteiger partial charge in [-0.25, -0.2) is 12.8 Å². The lowest BCUT2D eigenvalue weighted by Gasteiger charge is -2.19. The third-order valence-corrected chi connectivity index (χ3v) is 5.21. The van der Waals surface area contributed by atoms with Crippen molar-refractivity contribution >= 4 is 9.84 Å². The van der Waals surface area contributed by atoms with Gasteiger partial charge in [0.2, 0.25) is 0 Å². The average Bonchev–Trinajstić information content (AvgIpc) is 2.65. The van der Waals surface area contributed by atoms with E-state index < -0.39 is 9.84 Å². The first kappa shape index (κ1) is 13.4. The van der Waals surface area contributed by atoms with E-state index in [0.717, 1.165) is 11.8 Å². The molecule has 4 nitrogen and oxygen atoms in total. The summed E-state index contributed by atoms with van der Waals surface area (Å²) in [6.45, 7) is 0. The van der Waals surface area contributed by atoms with E-state index in [2.05, 4.69) is 10.3 Å². The van der Waals surface area contributed by atoms with E-state index in [1.54, 1.807) is 13.2 Å². The van der Waals surface area contributed by atoms with Crippen molar-refractivity contribution in [3.63, 3.8) is 0 Å². The number of sulfone groups is 1. The molecule has 1 aliphatic heterocycles. The molecule has 1 aromatic heterocycles.